The summed E-state index contributed by atoms with van der Waals surface area (Å²) >= 11 is 0. The number of hydrogen-bond donors (Lipinski definition) is 2. The van der Waals surface area contributed by atoms with Crippen molar-refractivity contribution in [3.8, 4) is 0 Å². The molecule has 0 aromatic rings. The van der Waals surface area contributed by atoms with Crippen LogP contribution >= 0.6 is 0 Å². The van der Waals surface area contributed by atoms with Gasteiger partial charge in [0.2, 0.25) is 5.91 Å². The van der Waals surface area contributed by atoms with E-state index in [1.165, 1.54) is 0 Å². The molecule has 0 bridgehead atoms. The van der Waals surface area contributed by atoms with E-state index in [9.17, 15) is 14.7 Å². The molecule has 0 unspecified atom stereocenters. The second-order valence-corrected chi connectivity index (χ2v) is 8.73. The molecule has 1 heterocycles. The van der Waals surface area contributed by atoms with Crippen molar-refractivity contribution >= 4 is 11.9 Å². The third kappa shape index (κ3) is 1.96. The summed E-state index contributed by atoms with van der Waals surface area (Å²) in [6.45, 7) is 4.53. The van der Waals surface area contributed by atoms with Gasteiger partial charge in [-0.25, -0.2) is 0 Å². The Kier molecular flexibility index (Phi) is 3.20. The number of carbonyl (C=O) groups is 2. The minimum atomic E-state index is -0.599. The van der Waals surface area contributed by atoms with Crippen molar-refractivity contribution in [2.45, 2.75) is 58.4 Å². The van der Waals surface area contributed by atoms with E-state index < -0.39 is 5.97 Å². The monoisotopic (exact) mass is 317 g/mol. The lowest BCUT2D eigenvalue weighted by atomic mass is 9.48. The van der Waals surface area contributed by atoms with Gasteiger partial charge in [0.25, 0.3) is 0 Å². The van der Waals surface area contributed by atoms with Crippen LogP contribution in [0.1, 0.15) is 52.4 Å². The fourth-order valence-corrected chi connectivity index (χ4v) is 6.74. The van der Waals surface area contributed by atoms with Gasteiger partial charge in [-0.15, -0.1) is 0 Å². The average molecular weight is 317 g/mol. The summed E-state index contributed by atoms with van der Waals surface area (Å²) in [5.74, 6) is 0.992. The van der Waals surface area contributed by atoms with E-state index in [2.05, 4.69) is 25.2 Å². The highest BCUT2D eigenvalue weighted by Gasteiger charge is 2.60. The first-order chi connectivity index (χ1) is 10.9. The van der Waals surface area contributed by atoms with E-state index in [1.807, 2.05) is 0 Å². The molecule has 23 heavy (non-hydrogen) atoms. The van der Waals surface area contributed by atoms with Gasteiger partial charge in [-0.2, -0.15) is 0 Å². The SMILES string of the molecule is C[C@]12C=CC(=O)N[C@@H]1CC[C@@H]1[C@@H]2CC[C@]2(C)[C@@H](C(=O)O)CC[C@@H]12. The highest BCUT2D eigenvalue weighted by molar-refractivity contribution is 5.89. The molecule has 3 saturated carbocycles. The van der Waals surface area contributed by atoms with E-state index in [-0.39, 0.29) is 28.7 Å². The summed E-state index contributed by atoms with van der Waals surface area (Å²) in [5, 5.41) is 12.8. The van der Waals surface area contributed by atoms with Crippen molar-refractivity contribution < 1.29 is 14.7 Å². The number of nitrogens with one attached hydrogen (secondary N) is 1. The van der Waals surface area contributed by atoms with Crippen LogP contribution in [-0.4, -0.2) is 23.0 Å². The summed E-state index contributed by atoms with van der Waals surface area (Å²) in [7, 11) is 0. The fraction of sp³-hybridized carbons (Fsp3) is 0.789. The van der Waals surface area contributed by atoms with Crippen LogP contribution in [-0.2, 0) is 9.59 Å². The number of rotatable bonds is 1. The Morgan fingerprint density at radius 1 is 1.17 bits per heavy atom. The molecule has 1 amide bonds. The molecule has 3 fully saturated rings. The Bertz CT molecular complexity index is 585. The number of aliphatic carboxylic acids is 1. The molecule has 7 atom stereocenters. The average Bonchev–Trinajstić information content (AvgIpc) is 2.85. The number of amides is 1. The third-order valence-electron chi connectivity index (χ3n) is 7.98. The maximum absolute atomic E-state index is 11.7. The number of carboxylic acids is 1. The molecule has 4 rings (SSSR count). The minimum Gasteiger partial charge on any atom is -0.481 e. The summed E-state index contributed by atoms with van der Waals surface area (Å²) in [6, 6.07) is 0.252. The van der Waals surface area contributed by atoms with Gasteiger partial charge in [0.15, 0.2) is 0 Å². The molecule has 0 aromatic heterocycles. The molecular weight excluding hydrogens is 290 g/mol. The Balaban J connectivity index is 1.66. The van der Waals surface area contributed by atoms with Crippen molar-refractivity contribution in [2.24, 2.45) is 34.5 Å². The quantitative estimate of drug-likeness (QED) is 0.781. The van der Waals surface area contributed by atoms with Crippen LogP contribution in [0.25, 0.3) is 0 Å². The van der Waals surface area contributed by atoms with Crippen LogP contribution in [0.3, 0.4) is 0 Å². The van der Waals surface area contributed by atoms with Crippen molar-refractivity contribution in [3.05, 3.63) is 12.2 Å². The third-order valence-corrected chi connectivity index (χ3v) is 7.98. The molecule has 126 valence electrons. The summed E-state index contributed by atoms with van der Waals surface area (Å²) in [4.78, 5) is 23.4. The predicted octanol–water partition coefficient (Wildman–Crippen LogP) is 2.98. The maximum Gasteiger partial charge on any atom is 0.307 e. The van der Waals surface area contributed by atoms with Crippen LogP contribution in [0, 0.1) is 34.5 Å². The Morgan fingerprint density at radius 2 is 1.96 bits per heavy atom. The van der Waals surface area contributed by atoms with Crippen molar-refractivity contribution in [2.75, 3.05) is 0 Å². The predicted molar refractivity (Wildman–Crippen MR) is 86.6 cm³/mol. The topological polar surface area (TPSA) is 66.4 Å². The van der Waals surface area contributed by atoms with E-state index in [1.54, 1.807) is 6.08 Å². The fourth-order valence-electron chi connectivity index (χ4n) is 6.74. The molecule has 0 spiro atoms. The first kappa shape index (κ1) is 15.2. The summed E-state index contributed by atoms with van der Waals surface area (Å²) in [6.07, 6.45) is 10.0. The first-order valence-electron chi connectivity index (χ1n) is 9.09. The number of hydrogen-bond acceptors (Lipinski definition) is 2. The van der Waals surface area contributed by atoms with Crippen LogP contribution in [0.2, 0.25) is 0 Å². The standard InChI is InChI=1S/C19H27NO3/c1-18-9-7-13-11(12(18)4-5-14(18)17(22)23)3-6-15-19(13,2)10-8-16(21)20-15/h8,10-15H,3-7,9H2,1-2H3,(H,20,21)(H,22,23)/t11-,12-,13-,14+,15+,18-,19+/m0/s1. The second-order valence-electron chi connectivity index (χ2n) is 8.73. The largest absolute Gasteiger partial charge is 0.481 e. The van der Waals surface area contributed by atoms with E-state index in [0.717, 1.165) is 38.5 Å². The zero-order valence-corrected chi connectivity index (χ0v) is 14.0. The highest BCUT2D eigenvalue weighted by atomic mass is 16.4. The molecule has 1 aliphatic heterocycles. The lowest BCUT2D eigenvalue weighted by Gasteiger charge is -2.58. The van der Waals surface area contributed by atoms with E-state index in [0.29, 0.717) is 17.8 Å². The van der Waals surface area contributed by atoms with Crippen LogP contribution < -0.4 is 5.32 Å². The molecule has 4 nitrogen and oxygen atoms in total. The van der Waals surface area contributed by atoms with Gasteiger partial charge in [-0.1, -0.05) is 19.9 Å². The molecule has 4 aliphatic rings. The van der Waals surface area contributed by atoms with E-state index >= 15 is 0 Å². The van der Waals surface area contributed by atoms with Crippen molar-refractivity contribution in [1.29, 1.82) is 0 Å². The first-order valence-corrected chi connectivity index (χ1v) is 9.09. The molecular formula is C19H27NO3. The molecule has 2 N–H and O–H groups in total. The Labute approximate surface area is 137 Å². The zero-order chi connectivity index (χ0) is 16.4. The second kappa shape index (κ2) is 4.84. The molecule has 0 radical (unpaired) electrons. The summed E-state index contributed by atoms with van der Waals surface area (Å²) in [5.41, 5.74) is 0.0112. The number of carboxylic acid groups (broad SMARTS) is 1. The van der Waals surface area contributed by atoms with Gasteiger partial charge in [0, 0.05) is 11.5 Å². The normalized spacial score (nSPS) is 51.4. The van der Waals surface area contributed by atoms with Crippen molar-refractivity contribution in [3.63, 3.8) is 0 Å². The number of carbonyl (C=O) groups excluding carboxylic acids is 1. The molecule has 0 saturated heterocycles. The Hall–Kier alpha value is -1.32. The molecule has 0 aromatic carbocycles. The highest BCUT2D eigenvalue weighted by Crippen LogP contribution is 2.64. The zero-order valence-electron chi connectivity index (χ0n) is 14.0. The van der Waals surface area contributed by atoms with Gasteiger partial charge in [-0.3, -0.25) is 9.59 Å². The summed E-state index contributed by atoms with van der Waals surface area (Å²) < 4.78 is 0. The van der Waals surface area contributed by atoms with Gasteiger partial charge in [0.05, 0.1) is 5.92 Å². The van der Waals surface area contributed by atoms with Gasteiger partial charge >= 0.3 is 5.97 Å². The minimum absolute atomic E-state index is 0.0299. The molecule has 4 heteroatoms. The number of fused-ring (bicyclic) bond motifs is 5. The van der Waals surface area contributed by atoms with E-state index in [4.69, 9.17) is 0 Å². The van der Waals surface area contributed by atoms with Gasteiger partial charge in [0.1, 0.15) is 0 Å². The Morgan fingerprint density at radius 3 is 2.70 bits per heavy atom. The molecule has 3 aliphatic carbocycles. The maximum atomic E-state index is 11.7. The van der Waals surface area contributed by atoms with Gasteiger partial charge < -0.3 is 10.4 Å². The van der Waals surface area contributed by atoms with Crippen LogP contribution in [0.15, 0.2) is 12.2 Å². The van der Waals surface area contributed by atoms with Crippen molar-refractivity contribution in [1.82, 2.24) is 5.32 Å². The van der Waals surface area contributed by atoms with Crippen LogP contribution in [0.4, 0.5) is 0 Å². The smallest absolute Gasteiger partial charge is 0.307 e. The lowest BCUT2D eigenvalue weighted by Crippen LogP contribution is -2.59. The van der Waals surface area contributed by atoms with Crippen LogP contribution in [0.5, 0.6) is 0 Å². The lowest BCUT2D eigenvalue weighted by molar-refractivity contribution is -0.150. The van der Waals surface area contributed by atoms with Gasteiger partial charge in [-0.05, 0) is 67.8 Å².